The Morgan fingerprint density at radius 3 is 1.93 bits per heavy atom. The van der Waals surface area contributed by atoms with Gasteiger partial charge in [0.15, 0.2) is 0 Å². The van der Waals surface area contributed by atoms with Crippen LogP contribution < -0.4 is 4.90 Å². The summed E-state index contributed by atoms with van der Waals surface area (Å²) in [6, 6.07) is 68.2. The molecule has 3 nitrogen and oxygen atoms in total. The number of rotatable bonds is 5. The van der Waals surface area contributed by atoms with Gasteiger partial charge in [0.1, 0.15) is 22.3 Å². The molecule has 61 heavy (non-hydrogen) atoms. The van der Waals surface area contributed by atoms with E-state index in [1.54, 1.807) is 0 Å². The van der Waals surface area contributed by atoms with E-state index in [1.165, 1.54) is 53.6 Å². The number of thiophene rings is 1. The summed E-state index contributed by atoms with van der Waals surface area (Å²) in [6.07, 6.45) is 0. The second kappa shape index (κ2) is 12.8. The lowest BCUT2D eigenvalue weighted by Crippen LogP contribution is -2.16. The first-order valence-corrected chi connectivity index (χ1v) is 21.7. The summed E-state index contributed by atoms with van der Waals surface area (Å²) >= 11 is 1.85. The maximum Gasteiger partial charge on any atom is 0.143 e. The summed E-state index contributed by atoms with van der Waals surface area (Å²) in [5.41, 5.74) is 16.4. The highest BCUT2D eigenvalue weighted by Gasteiger charge is 2.36. The van der Waals surface area contributed by atoms with Gasteiger partial charge < -0.3 is 13.7 Å². The average molecular weight is 800 g/mol. The van der Waals surface area contributed by atoms with Gasteiger partial charge in [0.2, 0.25) is 0 Å². The molecular formula is C57H37NO2S. The summed E-state index contributed by atoms with van der Waals surface area (Å²) in [7, 11) is 0. The van der Waals surface area contributed by atoms with Crippen molar-refractivity contribution in [3.8, 4) is 33.4 Å². The zero-order valence-corrected chi connectivity index (χ0v) is 34.4. The Morgan fingerprint density at radius 2 is 1.07 bits per heavy atom. The van der Waals surface area contributed by atoms with Gasteiger partial charge >= 0.3 is 0 Å². The summed E-state index contributed by atoms with van der Waals surface area (Å²) < 4.78 is 16.1. The zero-order chi connectivity index (χ0) is 40.4. The van der Waals surface area contributed by atoms with Gasteiger partial charge in [-0.25, -0.2) is 0 Å². The predicted octanol–water partition coefficient (Wildman–Crippen LogP) is 17.0. The van der Waals surface area contributed by atoms with Crippen molar-refractivity contribution in [2.75, 3.05) is 4.90 Å². The van der Waals surface area contributed by atoms with E-state index in [-0.39, 0.29) is 5.41 Å². The molecule has 0 aliphatic heterocycles. The van der Waals surface area contributed by atoms with Crippen molar-refractivity contribution >= 4 is 92.4 Å². The van der Waals surface area contributed by atoms with Crippen molar-refractivity contribution < 1.29 is 8.83 Å². The second-order valence-electron chi connectivity index (χ2n) is 16.8. The van der Waals surface area contributed by atoms with E-state index in [4.69, 9.17) is 8.83 Å². The van der Waals surface area contributed by atoms with E-state index in [0.717, 1.165) is 72.1 Å². The van der Waals surface area contributed by atoms with E-state index in [1.807, 2.05) is 17.4 Å². The van der Waals surface area contributed by atoms with Crippen LogP contribution in [0.15, 0.2) is 197 Å². The van der Waals surface area contributed by atoms with Crippen LogP contribution in [0.1, 0.15) is 25.0 Å². The lowest BCUT2D eigenvalue weighted by atomic mass is 9.82. The minimum atomic E-state index is -0.161. The largest absolute Gasteiger partial charge is 0.456 e. The topological polar surface area (TPSA) is 29.5 Å². The quantitative estimate of drug-likeness (QED) is 0.174. The highest BCUT2D eigenvalue weighted by molar-refractivity contribution is 7.26. The number of anilines is 3. The minimum absolute atomic E-state index is 0.161. The van der Waals surface area contributed by atoms with Gasteiger partial charge in [-0.2, -0.15) is 0 Å². The lowest BCUT2D eigenvalue weighted by Gasteiger charge is -2.29. The normalized spacial score (nSPS) is 13.2. The maximum atomic E-state index is 7.07. The van der Waals surface area contributed by atoms with Gasteiger partial charge in [-0.15, -0.1) is 11.3 Å². The Balaban J connectivity index is 1.13. The van der Waals surface area contributed by atoms with Gasteiger partial charge in [-0.3, -0.25) is 0 Å². The Bertz CT molecular complexity index is 3740. The van der Waals surface area contributed by atoms with Crippen LogP contribution in [0.3, 0.4) is 0 Å². The molecule has 0 spiro atoms. The van der Waals surface area contributed by atoms with E-state index >= 15 is 0 Å². The molecule has 12 aromatic rings. The first-order valence-electron chi connectivity index (χ1n) is 20.9. The number of fused-ring (bicyclic) bond motifs is 13. The molecule has 3 heterocycles. The molecule has 288 valence electrons. The summed E-state index contributed by atoms with van der Waals surface area (Å²) in [5, 5.41) is 6.80. The van der Waals surface area contributed by atoms with E-state index in [0.29, 0.717) is 0 Å². The Morgan fingerprint density at radius 1 is 0.410 bits per heavy atom. The molecule has 0 N–H and O–H groups in total. The van der Waals surface area contributed by atoms with Gasteiger partial charge in [0, 0.05) is 75.3 Å². The van der Waals surface area contributed by atoms with Crippen molar-refractivity contribution in [1.29, 1.82) is 0 Å². The fourth-order valence-electron chi connectivity index (χ4n) is 10.2. The first kappa shape index (κ1) is 34.5. The van der Waals surface area contributed by atoms with E-state index in [2.05, 4.69) is 201 Å². The van der Waals surface area contributed by atoms with Crippen molar-refractivity contribution in [2.24, 2.45) is 0 Å². The molecule has 0 atom stereocenters. The molecule has 0 unspecified atom stereocenters. The Kier molecular flexibility index (Phi) is 7.23. The zero-order valence-electron chi connectivity index (χ0n) is 33.6. The van der Waals surface area contributed by atoms with Crippen LogP contribution in [-0.2, 0) is 5.41 Å². The van der Waals surface area contributed by atoms with Gasteiger partial charge in [-0.05, 0) is 94.0 Å². The van der Waals surface area contributed by atoms with Crippen LogP contribution in [0.5, 0.6) is 0 Å². The second-order valence-corrected chi connectivity index (χ2v) is 17.9. The van der Waals surface area contributed by atoms with Gasteiger partial charge in [0.25, 0.3) is 0 Å². The molecule has 0 bridgehead atoms. The molecule has 0 fully saturated rings. The van der Waals surface area contributed by atoms with Crippen LogP contribution in [0.2, 0.25) is 0 Å². The third-order valence-corrected chi connectivity index (χ3v) is 14.3. The number of hydrogen-bond acceptors (Lipinski definition) is 4. The molecule has 1 aliphatic rings. The third kappa shape index (κ3) is 5.03. The lowest BCUT2D eigenvalue weighted by molar-refractivity contribution is 0.660. The smallest absolute Gasteiger partial charge is 0.143 e. The number of nitrogens with zero attached hydrogens (tertiary/aromatic N) is 1. The summed E-state index contributed by atoms with van der Waals surface area (Å²) in [6.45, 7) is 4.71. The van der Waals surface area contributed by atoms with Crippen molar-refractivity contribution in [2.45, 2.75) is 19.3 Å². The highest BCUT2D eigenvalue weighted by atomic mass is 32.1. The molecule has 0 saturated carbocycles. The van der Waals surface area contributed by atoms with E-state index in [9.17, 15) is 0 Å². The minimum Gasteiger partial charge on any atom is -0.456 e. The molecule has 13 rings (SSSR count). The molecule has 1 aliphatic carbocycles. The molecule has 0 radical (unpaired) electrons. The molecule has 3 aromatic heterocycles. The van der Waals surface area contributed by atoms with Crippen LogP contribution in [-0.4, -0.2) is 0 Å². The monoisotopic (exact) mass is 799 g/mol. The molecule has 4 heteroatoms. The fourth-order valence-corrected chi connectivity index (χ4v) is 11.4. The Hall–Kier alpha value is -7.40. The van der Waals surface area contributed by atoms with Crippen LogP contribution in [0.25, 0.3) is 97.4 Å². The van der Waals surface area contributed by atoms with Crippen molar-refractivity contribution in [3.05, 3.63) is 199 Å². The van der Waals surface area contributed by atoms with Crippen LogP contribution in [0.4, 0.5) is 17.1 Å². The molecule has 0 amide bonds. The molecule has 9 aromatic carbocycles. The SMILES string of the molecule is CC1(C)c2ccccc2-c2ccc(N(c3ccc(-c4ccccc4)cc3)c3cc(-c4cccc5c4sc4ccccc45)c4oc5ccc6oc7ccccc7c6c5c4c3)cc21. The number of benzene rings is 9. The standard InChI is InChI=1S/C57H37NO2S/c1-57(2)47-20-9-6-15-39(47)40-28-27-37(33-48(40)57)58(36-25-23-35(24-26-36)34-13-4-3-5-14-34)38-31-45(43-19-12-18-42-41-16-8-11-22-52(41)61-56(42)43)55-46(32-38)54-51(60-55)30-29-50-53(54)44-17-7-10-21-49(44)59-50/h3-33H,1-2H3. The molecular weight excluding hydrogens is 763 g/mol. The highest BCUT2D eigenvalue weighted by Crippen LogP contribution is 2.53. The van der Waals surface area contributed by atoms with Crippen molar-refractivity contribution in [1.82, 2.24) is 0 Å². The van der Waals surface area contributed by atoms with E-state index < -0.39 is 0 Å². The number of para-hydroxylation sites is 1. The van der Waals surface area contributed by atoms with Gasteiger partial charge in [-0.1, -0.05) is 141 Å². The average Bonchev–Trinajstić information content (AvgIpc) is 4.05. The number of furan rings is 2. The summed E-state index contributed by atoms with van der Waals surface area (Å²) in [4.78, 5) is 2.44. The predicted molar refractivity (Wildman–Crippen MR) is 257 cm³/mol. The van der Waals surface area contributed by atoms with Crippen molar-refractivity contribution in [3.63, 3.8) is 0 Å². The fraction of sp³-hybridized carbons (Fsp3) is 0.0526. The maximum absolute atomic E-state index is 7.07. The summed E-state index contributed by atoms with van der Waals surface area (Å²) in [5.74, 6) is 0. The Labute approximate surface area is 356 Å². The molecule has 0 saturated heterocycles. The third-order valence-electron chi connectivity index (χ3n) is 13.1. The van der Waals surface area contributed by atoms with Crippen LogP contribution >= 0.6 is 11.3 Å². The first-order chi connectivity index (χ1) is 30.0. The van der Waals surface area contributed by atoms with Crippen LogP contribution in [0, 0.1) is 0 Å². The van der Waals surface area contributed by atoms with Gasteiger partial charge in [0.05, 0.1) is 0 Å². The number of hydrogen-bond donors (Lipinski definition) is 0.